The van der Waals surface area contributed by atoms with Crippen LogP contribution in [0.5, 0.6) is 0 Å². The van der Waals surface area contributed by atoms with E-state index in [1.807, 2.05) is 0 Å². The molecule has 6 heterocycles. The van der Waals surface area contributed by atoms with Gasteiger partial charge >= 0.3 is 5.97 Å². The third-order valence-corrected chi connectivity index (χ3v) is 11.4. The van der Waals surface area contributed by atoms with Gasteiger partial charge in [0.2, 0.25) is 24.0 Å². The van der Waals surface area contributed by atoms with Crippen molar-refractivity contribution in [2.24, 2.45) is 5.90 Å². The van der Waals surface area contributed by atoms with Crippen molar-refractivity contribution in [2.45, 2.75) is 188 Å². The Morgan fingerprint density at radius 1 is 0.524 bits per heavy atom. The molecule has 0 spiro atoms. The molecule has 0 saturated carbocycles. The first-order valence-electron chi connectivity index (χ1n) is 20.0. The Morgan fingerprint density at radius 2 is 1.06 bits per heavy atom. The zero-order chi connectivity index (χ0) is 46.3. The second kappa shape index (κ2) is 20.3. The van der Waals surface area contributed by atoms with Crippen molar-refractivity contribution >= 4 is 23.7 Å². The number of aliphatic hydroxyl groups is 8. The topological polar surface area (TPSA) is 417 Å². The lowest BCUT2D eigenvalue weighted by molar-refractivity contribution is -0.386. The van der Waals surface area contributed by atoms with E-state index in [1.165, 1.54) is 20.8 Å². The molecular formula is C35H56N4O24. The van der Waals surface area contributed by atoms with Crippen LogP contribution in [0.4, 0.5) is 0 Å². The van der Waals surface area contributed by atoms with Gasteiger partial charge in [-0.25, -0.2) is 10.7 Å². The molecule has 6 fully saturated rings. The molecule has 25 atom stereocenters. The smallest absolute Gasteiger partial charge is 0.335 e. The lowest BCUT2D eigenvalue weighted by atomic mass is 9.94. The van der Waals surface area contributed by atoms with E-state index in [4.69, 9.17) is 58.1 Å². The molecular weight excluding hydrogens is 860 g/mol. The van der Waals surface area contributed by atoms with Crippen LogP contribution >= 0.6 is 0 Å². The van der Waals surface area contributed by atoms with E-state index < -0.39 is 184 Å². The number of carbonyl (C=O) groups excluding carboxylic acids is 3. The molecule has 14 N–H and O–H groups in total. The van der Waals surface area contributed by atoms with Gasteiger partial charge < -0.3 is 109 Å². The highest BCUT2D eigenvalue weighted by Crippen LogP contribution is 2.41. The third kappa shape index (κ3) is 10.5. The number of hydrogen-bond acceptors (Lipinski definition) is 24. The number of hydrogen-bond donors (Lipinski definition) is 13. The average molecular weight is 917 g/mol. The van der Waals surface area contributed by atoms with Gasteiger partial charge in [0, 0.05) is 20.8 Å². The summed E-state index contributed by atoms with van der Waals surface area (Å²) in [5.41, 5.74) is 0. The first-order valence-corrected chi connectivity index (χ1v) is 20.0. The molecule has 0 aromatic rings. The van der Waals surface area contributed by atoms with Crippen LogP contribution < -0.4 is 21.8 Å². The Balaban J connectivity index is 1.41. The van der Waals surface area contributed by atoms with E-state index in [-0.39, 0.29) is 0 Å². The highest BCUT2D eigenvalue weighted by molar-refractivity contribution is 5.74. The number of amides is 3. The molecule has 6 aliphatic rings. The van der Waals surface area contributed by atoms with E-state index in [0.717, 1.165) is 13.8 Å². The van der Waals surface area contributed by atoms with Crippen LogP contribution in [0.25, 0.3) is 0 Å². The third-order valence-electron chi connectivity index (χ3n) is 11.4. The number of carboxylic acid groups (broad SMARTS) is 1. The highest BCUT2D eigenvalue weighted by Gasteiger charge is 2.62. The van der Waals surface area contributed by atoms with E-state index in [9.17, 15) is 65.1 Å². The molecule has 6 saturated heterocycles. The Bertz CT molecular complexity index is 1620. The maximum atomic E-state index is 13.0. The molecule has 0 aromatic heterocycles. The largest absolute Gasteiger partial charge is 0.479 e. The molecule has 0 aliphatic carbocycles. The summed E-state index contributed by atoms with van der Waals surface area (Å²) in [5.74, 6) is 1.62. The summed E-state index contributed by atoms with van der Waals surface area (Å²) in [6.45, 7) is 5.23. The number of epoxide rings is 1. The van der Waals surface area contributed by atoms with Gasteiger partial charge in [0.05, 0.1) is 18.8 Å². The van der Waals surface area contributed by atoms with Gasteiger partial charge in [-0.05, 0) is 13.8 Å². The van der Waals surface area contributed by atoms with Crippen molar-refractivity contribution in [3.05, 3.63) is 0 Å². The lowest BCUT2D eigenvalue weighted by Gasteiger charge is -2.51. The molecule has 0 bridgehead atoms. The number of nitrogens with one attached hydrogen (secondary N) is 3. The molecule has 0 aromatic carbocycles. The SMILES string of the molecule is CC(=O)NC1C(O)[C@H](O)C(C)O[C@H]1OC1C(O)[C@H](O)C(C(=O)O)O[C@H]1OC1C(NC(C)=O)[C@H](OC2C(NC(C)=O)[C@H](ON)OC3O[C@@H]32)OC(C)[C@H]1O[C@@H]1OC(CO)[C@@H](O)C(O)C1O. The van der Waals surface area contributed by atoms with Gasteiger partial charge in [0.15, 0.2) is 37.6 Å². The van der Waals surface area contributed by atoms with Crippen molar-refractivity contribution in [3.8, 4) is 0 Å². The number of aliphatic carboxylic acids is 1. The molecule has 28 nitrogen and oxygen atoms in total. The van der Waals surface area contributed by atoms with Crippen LogP contribution in [-0.4, -0.2) is 230 Å². The summed E-state index contributed by atoms with van der Waals surface area (Å²) in [4.78, 5) is 54.9. The standard InChI is InChI=1S/C35H56N4O24/c1-7-16(44)18(46)13(37-9(3)41)30(53-7)60-27-21(49)20(48)26(29(51)52)59-34(27)58-24-14(38-10(4)42)31(57-25-15(39-11(5)43)32(63-36)62-35-28(25)61-35)54-8(2)23(24)56-33-22(50)19(47)17(45)12(6-40)55-33/h7-8,12-28,30-35,40,44-50H,6,36H2,1-5H3,(H,37,41)(H,38,42)(H,39,43)(H,51,52)/t7?,8?,12?,13?,14?,15?,16-,17-,18?,19?,20+,21?,22?,23-,24?,25?,26?,27?,28-,30+,31+,32+,33+,34-,35?/m1/s1. The Labute approximate surface area is 357 Å². The minimum Gasteiger partial charge on any atom is -0.479 e. The fourth-order valence-electron chi connectivity index (χ4n) is 8.17. The van der Waals surface area contributed by atoms with Crippen LogP contribution in [0.1, 0.15) is 34.6 Å². The average Bonchev–Trinajstić information content (AvgIpc) is 4.00. The van der Waals surface area contributed by atoms with Gasteiger partial charge in [0.1, 0.15) is 97.5 Å². The maximum Gasteiger partial charge on any atom is 0.335 e. The first-order chi connectivity index (χ1) is 29.7. The quantitative estimate of drug-likeness (QED) is 0.0568. The molecule has 3 amide bonds. The monoisotopic (exact) mass is 916 g/mol. The summed E-state index contributed by atoms with van der Waals surface area (Å²) in [5, 5.41) is 104. The molecule has 6 aliphatic heterocycles. The van der Waals surface area contributed by atoms with Crippen LogP contribution in [0, 0.1) is 0 Å². The maximum absolute atomic E-state index is 13.0. The van der Waals surface area contributed by atoms with E-state index in [2.05, 4.69) is 16.0 Å². The van der Waals surface area contributed by atoms with Gasteiger partial charge in [-0.3, -0.25) is 19.2 Å². The molecule has 6 rings (SSSR count). The predicted molar refractivity (Wildman–Crippen MR) is 194 cm³/mol. The zero-order valence-corrected chi connectivity index (χ0v) is 34.4. The highest BCUT2D eigenvalue weighted by atomic mass is 16.9. The number of nitrogens with two attached hydrogens (primary N) is 1. The Hall–Kier alpha value is -2.92. The fraction of sp³-hybridized carbons (Fsp3) is 0.886. The van der Waals surface area contributed by atoms with Crippen molar-refractivity contribution in [1.82, 2.24) is 16.0 Å². The van der Waals surface area contributed by atoms with E-state index in [1.54, 1.807) is 0 Å². The van der Waals surface area contributed by atoms with Gasteiger partial charge in [0.25, 0.3) is 0 Å². The predicted octanol–water partition coefficient (Wildman–Crippen LogP) is -8.44. The second-order valence-corrected chi connectivity index (χ2v) is 16.0. The van der Waals surface area contributed by atoms with Crippen molar-refractivity contribution in [1.29, 1.82) is 0 Å². The number of rotatable bonds is 14. The van der Waals surface area contributed by atoms with Gasteiger partial charge in [-0.2, -0.15) is 0 Å². The minimum atomic E-state index is -2.24. The normalized spacial score (nSPS) is 48.6. The lowest BCUT2D eigenvalue weighted by Crippen LogP contribution is -2.71. The molecule has 63 heavy (non-hydrogen) atoms. The Morgan fingerprint density at radius 3 is 1.65 bits per heavy atom. The van der Waals surface area contributed by atoms with Gasteiger partial charge in [-0.1, -0.05) is 0 Å². The van der Waals surface area contributed by atoms with Crippen molar-refractivity contribution in [3.63, 3.8) is 0 Å². The van der Waals surface area contributed by atoms with Crippen LogP contribution in [-0.2, 0) is 71.4 Å². The summed E-state index contributed by atoms with van der Waals surface area (Å²) in [7, 11) is 0. The summed E-state index contributed by atoms with van der Waals surface area (Å²) in [6, 6.07) is -4.35. The first kappa shape index (κ1) is 49.5. The minimum absolute atomic E-state index is 0.572. The van der Waals surface area contributed by atoms with Gasteiger partial charge in [-0.15, -0.1) is 0 Å². The summed E-state index contributed by atoms with van der Waals surface area (Å²) < 4.78 is 59.5. The second-order valence-electron chi connectivity index (χ2n) is 16.0. The van der Waals surface area contributed by atoms with Crippen LogP contribution in [0.3, 0.4) is 0 Å². The fourth-order valence-corrected chi connectivity index (χ4v) is 8.17. The molecule has 360 valence electrons. The van der Waals surface area contributed by atoms with Crippen molar-refractivity contribution < 1.29 is 117 Å². The zero-order valence-electron chi connectivity index (χ0n) is 34.4. The van der Waals surface area contributed by atoms with E-state index >= 15 is 0 Å². The number of fused-ring (bicyclic) bond motifs is 1. The molecule has 28 heteroatoms. The van der Waals surface area contributed by atoms with Crippen LogP contribution in [0.2, 0.25) is 0 Å². The number of carboxylic acids is 1. The molecule has 15 unspecified atom stereocenters. The number of carbonyl (C=O) groups is 4. The van der Waals surface area contributed by atoms with Crippen molar-refractivity contribution in [2.75, 3.05) is 6.61 Å². The molecule has 0 radical (unpaired) electrons. The van der Waals surface area contributed by atoms with Crippen LogP contribution in [0.15, 0.2) is 0 Å². The summed E-state index contributed by atoms with van der Waals surface area (Å²) >= 11 is 0. The Kier molecular flexibility index (Phi) is 16.0. The number of aliphatic hydroxyl groups excluding tert-OH is 8. The number of ether oxygens (including phenoxy) is 10. The van der Waals surface area contributed by atoms with E-state index in [0.29, 0.717) is 0 Å². The summed E-state index contributed by atoms with van der Waals surface area (Å²) in [6.07, 6.45) is -37.0.